The number of aromatic nitrogens is 2. The van der Waals surface area contributed by atoms with Gasteiger partial charge in [-0.05, 0) is 30.2 Å². The van der Waals surface area contributed by atoms with Crippen LogP contribution in [0.25, 0.3) is 10.9 Å². The molecule has 6 heteroatoms. The lowest BCUT2D eigenvalue weighted by Crippen LogP contribution is -2.29. The fourth-order valence-corrected chi connectivity index (χ4v) is 3.81. The molecular formula is C22H20ClN3O2. The zero-order valence-electron chi connectivity index (χ0n) is 15.6. The first-order valence-electron chi connectivity index (χ1n) is 9.07. The van der Waals surface area contributed by atoms with E-state index in [0.717, 1.165) is 22.0 Å². The Morgan fingerprint density at radius 1 is 1.14 bits per heavy atom. The Bertz CT molecular complexity index is 1150. The number of hydrogen-bond acceptors (Lipinski definition) is 3. The number of aromatic amines is 1. The van der Waals surface area contributed by atoms with Gasteiger partial charge in [-0.15, -0.1) is 0 Å². The SMILES string of the molecule is Cc1nc(C)c(C(=O)NC[C@@H](c2ccccc2Cl)c2c[nH]c3ccccc23)o1. The third-order valence-electron chi connectivity index (χ3n) is 4.85. The van der Waals surface area contributed by atoms with Crippen LogP contribution in [0.2, 0.25) is 5.02 Å². The largest absolute Gasteiger partial charge is 0.436 e. The summed E-state index contributed by atoms with van der Waals surface area (Å²) in [6, 6.07) is 15.8. The molecule has 28 heavy (non-hydrogen) atoms. The highest BCUT2D eigenvalue weighted by Gasteiger charge is 2.23. The number of rotatable bonds is 5. The fraction of sp³-hybridized carbons (Fsp3) is 0.182. The number of para-hydroxylation sites is 1. The summed E-state index contributed by atoms with van der Waals surface area (Å²) < 4.78 is 5.44. The highest BCUT2D eigenvalue weighted by molar-refractivity contribution is 6.31. The van der Waals surface area contributed by atoms with E-state index in [9.17, 15) is 4.79 Å². The molecule has 0 aliphatic rings. The van der Waals surface area contributed by atoms with Crippen LogP contribution in [0.4, 0.5) is 0 Å². The van der Waals surface area contributed by atoms with Crippen molar-refractivity contribution in [3.05, 3.63) is 88.2 Å². The van der Waals surface area contributed by atoms with Crippen molar-refractivity contribution in [2.45, 2.75) is 19.8 Å². The van der Waals surface area contributed by atoms with Gasteiger partial charge in [0.15, 0.2) is 5.89 Å². The number of oxazole rings is 1. The maximum absolute atomic E-state index is 12.6. The molecule has 5 nitrogen and oxygen atoms in total. The van der Waals surface area contributed by atoms with Crippen molar-refractivity contribution in [3.8, 4) is 0 Å². The van der Waals surface area contributed by atoms with E-state index < -0.39 is 0 Å². The highest BCUT2D eigenvalue weighted by atomic mass is 35.5. The van der Waals surface area contributed by atoms with E-state index in [4.69, 9.17) is 16.0 Å². The van der Waals surface area contributed by atoms with Gasteiger partial charge >= 0.3 is 0 Å². The molecule has 0 aliphatic carbocycles. The summed E-state index contributed by atoms with van der Waals surface area (Å²) in [5, 5.41) is 4.76. The highest BCUT2D eigenvalue weighted by Crippen LogP contribution is 2.34. The zero-order valence-corrected chi connectivity index (χ0v) is 16.4. The van der Waals surface area contributed by atoms with Gasteiger partial charge in [0.2, 0.25) is 5.76 Å². The third kappa shape index (κ3) is 3.41. The maximum atomic E-state index is 12.6. The summed E-state index contributed by atoms with van der Waals surface area (Å²) in [5.41, 5.74) is 3.66. The van der Waals surface area contributed by atoms with E-state index in [2.05, 4.69) is 21.4 Å². The van der Waals surface area contributed by atoms with Crippen molar-refractivity contribution in [2.75, 3.05) is 6.54 Å². The van der Waals surface area contributed by atoms with E-state index >= 15 is 0 Å². The number of benzene rings is 2. The lowest BCUT2D eigenvalue weighted by atomic mass is 9.90. The van der Waals surface area contributed by atoms with Crippen LogP contribution < -0.4 is 5.32 Å². The van der Waals surface area contributed by atoms with Gasteiger partial charge < -0.3 is 14.7 Å². The molecule has 0 bridgehead atoms. The van der Waals surface area contributed by atoms with Gasteiger partial charge in [-0.2, -0.15) is 0 Å². The quantitative estimate of drug-likeness (QED) is 0.502. The summed E-state index contributed by atoms with van der Waals surface area (Å²) in [7, 11) is 0. The van der Waals surface area contributed by atoms with Crippen LogP contribution in [0.3, 0.4) is 0 Å². The molecule has 142 valence electrons. The topological polar surface area (TPSA) is 70.9 Å². The first-order valence-corrected chi connectivity index (χ1v) is 9.45. The smallest absolute Gasteiger partial charge is 0.289 e. The van der Waals surface area contributed by atoms with Gasteiger partial charge in [0.05, 0.1) is 5.69 Å². The molecule has 0 unspecified atom stereocenters. The van der Waals surface area contributed by atoms with Crippen LogP contribution in [0.1, 0.15) is 39.2 Å². The number of fused-ring (bicyclic) bond motifs is 1. The van der Waals surface area contributed by atoms with Gasteiger partial charge in [-0.25, -0.2) is 4.98 Å². The number of aryl methyl sites for hydroxylation is 2. The molecule has 0 saturated heterocycles. The average Bonchev–Trinajstić information content (AvgIpc) is 3.26. The van der Waals surface area contributed by atoms with Crippen molar-refractivity contribution < 1.29 is 9.21 Å². The molecule has 0 aliphatic heterocycles. The molecular weight excluding hydrogens is 374 g/mol. The van der Waals surface area contributed by atoms with Gasteiger partial charge in [-0.3, -0.25) is 4.79 Å². The summed E-state index contributed by atoms with van der Waals surface area (Å²) in [6.07, 6.45) is 1.98. The van der Waals surface area contributed by atoms with Crippen LogP contribution in [-0.4, -0.2) is 22.4 Å². The van der Waals surface area contributed by atoms with E-state index in [1.807, 2.05) is 48.7 Å². The number of carbonyl (C=O) groups is 1. The standard InChI is InChI=1S/C22H20ClN3O2/c1-13-21(28-14(2)26-13)22(27)25-12-17(15-7-3-5-9-19(15)23)18-11-24-20-10-6-4-8-16(18)20/h3-11,17,24H,12H2,1-2H3,(H,25,27)/t17-/m0/s1. The first kappa shape index (κ1) is 18.3. The van der Waals surface area contributed by atoms with Crippen molar-refractivity contribution >= 4 is 28.4 Å². The summed E-state index contributed by atoms with van der Waals surface area (Å²) in [5.74, 6) is 0.324. The molecule has 1 amide bonds. The molecule has 4 rings (SSSR count). The second-order valence-corrected chi connectivity index (χ2v) is 7.13. The Hall–Kier alpha value is -3.05. The molecule has 0 spiro atoms. The number of hydrogen-bond donors (Lipinski definition) is 2. The molecule has 0 fully saturated rings. The predicted octanol–water partition coefficient (Wildman–Crippen LogP) is 4.99. The second kappa shape index (κ2) is 7.52. The van der Waals surface area contributed by atoms with E-state index in [0.29, 0.717) is 23.2 Å². The van der Waals surface area contributed by atoms with Gasteiger partial charge in [-0.1, -0.05) is 48.0 Å². The Morgan fingerprint density at radius 3 is 2.64 bits per heavy atom. The number of nitrogens with zero attached hydrogens (tertiary/aromatic N) is 1. The molecule has 0 radical (unpaired) electrons. The minimum Gasteiger partial charge on any atom is -0.436 e. The van der Waals surface area contributed by atoms with Crippen molar-refractivity contribution in [1.82, 2.24) is 15.3 Å². The van der Waals surface area contributed by atoms with E-state index in [1.54, 1.807) is 13.8 Å². The maximum Gasteiger partial charge on any atom is 0.289 e. The van der Waals surface area contributed by atoms with Gasteiger partial charge in [0.25, 0.3) is 5.91 Å². The second-order valence-electron chi connectivity index (χ2n) is 6.72. The van der Waals surface area contributed by atoms with Crippen LogP contribution >= 0.6 is 11.6 Å². The molecule has 0 saturated carbocycles. The normalized spacial score (nSPS) is 12.2. The predicted molar refractivity (Wildman–Crippen MR) is 110 cm³/mol. The number of H-pyrrole nitrogens is 1. The Labute approximate surface area is 167 Å². The third-order valence-corrected chi connectivity index (χ3v) is 5.20. The molecule has 2 aromatic heterocycles. The van der Waals surface area contributed by atoms with Crippen LogP contribution in [0.5, 0.6) is 0 Å². The molecule has 2 heterocycles. The van der Waals surface area contributed by atoms with Crippen LogP contribution in [0.15, 0.2) is 59.1 Å². The lowest BCUT2D eigenvalue weighted by Gasteiger charge is -2.19. The average molecular weight is 394 g/mol. The zero-order chi connectivity index (χ0) is 19.7. The number of nitrogens with one attached hydrogen (secondary N) is 2. The van der Waals surface area contributed by atoms with Crippen molar-refractivity contribution in [2.24, 2.45) is 0 Å². The van der Waals surface area contributed by atoms with Crippen LogP contribution in [-0.2, 0) is 0 Å². The first-order chi connectivity index (χ1) is 13.5. The minimum absolute atomic E-state index is 0.113. The Balaban J connectivity index is 1.69. The summed E-state index contributed by atoms with van der Waals surface area (Å²) >= 11 is 6.50. The van der Waals surface area contributed by atoms with Crippen molar-refractivity contribution in [1.29, 1.82) is 0 Å². The van der Waals surface area contributed by atoms with Crippen molar-refractivity contribution in [3.63, 3.8) is 0 Å². The van der Waals surface area contributed by atoms with Crippen LogP contribution in [0, 0.1) is 13.8 Å². The molecule has 1 atom stereocenters. The van der Waals surface area contributed by atoms with Gasteiger partial charge in [0, 0.05) is 41.5 Å². The van der Waals surface area contributed by atoms with Gasteiger partial charge in [0.1, 0.15) is 0 Å². The molecule has 4 aromatic rings. The molecule has 2 N–H and O–H groups in total. The lowest BCUT2D eigenvalue weighted by molar-refractivity contribution is 0.0922. The van der Waals surface area contributed by atoms with E-state index in [1.165, 1.54) is 0 Å². The fourth-order valence-electron chi connectivity index (χ4n) is 3.54. The number of amides is 1. The summed E-state index contributed by atoms with van der Waals surface area (Å²) in [6.45, 7) is 3.86. The minimum atomic E-state index is -0.282. The Morgan fingerprint density at radius 2 is 1.89 bits per heavy atom. The number of carbonyl (C=O) groups excluding carboxylic acids is 1. The number of halogens is 1. The Kier molecular flexibility index (Phi) is 4.92. The monoisotopic (exact) mass is 393 g/mol. The van der Waals surface area contributed by atoms with E-state index in [-0.39, 0.29) is 17.6 Å². The summed E-state index contributed by atoms with van der Waals surface area (Å²) in [4.78, 5) is 20.1. The molecule has 2 aromatic carbocycles.